The lowest BCUT2D eigenvalue weighted by Gasteiger charge is -2.23. The third kappa shape index (κ3) is 3.94. The lowest BCUT2D eigenvalue weighted by molar-refractivity contribution is 0.0353. The van der Waals surface area contributed by atoms with E-state index in [2.05, 4.69) is 31.2 Å². The van der Waals surface area contributed by atoms with Crippen molar-refractivity contribution in [1.82, 2.24) is 15.3 Å². The molecular formula is C17H17BrClN3O2. The van der Waals surface area contributed by atoms with E-state index in [1.807, 2.05) is 12.1 Å². The van der Waals surface area contributed by atoms with Crippen LogP contribution in [0, 0.1) is 5.92 Å². The van der Waals surface area contributed by atoms with Crippen LogP contribution in [0.4, 0.5) is 0 Å². The number of rotatable bonds is 5. The quantitative estimate of drug-likeness (QED) is 0.791. The SMILES string of the molecule is C[C@](O)(CNC(=O)c1nc(-c2ccc(Cl)cc2)cnc1Br)C1CC1. The van der Waals surface area contributed by atoms with Crippen molar-refractivity contribution >= 4 is 33.4 Å². The van der Waals surface area contributed by atoms with E-state index in [-0.39, 0.29) is 24.1 Å². The van der Waals surface area contributed by atoms with Gasteiger partial charge in [-0.05, 0) is 53.7 Å². The molecule has 0 unspecified atom stereocenters. The number of hydrogen-bond donors (Lipinski definition) is 2. The van der Waals surface area contributed by atoms with Crippen LogP contribution >= 0.6 is 27.5 Å². The van der Waals surface area contributed by atoms with E-state index in [4.69, 9.17) is 11.6 Å². The molecule has 0 saturated heterocycles. The fourth-order valence-corrected chi connectivity index (χ4v) is 2.97. The predicted molar refractivity (Wildman–Crippen MR) is 95.9 cm³/mol. The average molecular weight is 411 g/mol. The summed E-state index contributed by atoms with van der Waals surface area (Å²) in [5, 5.41) is 13.7. The van der Waals surface area contributed by atoms with Gasteiger partial charge in [-0.1, -0.05) is 23.7 Å². The summed E-state index contributed by atoms with van der Waals surface area (Å²) in [5.74, 6) is -0.112. The maximum absolute atomic E-state index is 12.4. The topological polar surface area (TPSA) is 75.1 Å². The molecule has 1 heterocycles. The highest BCUT2D eigenvalue weighted by atomic mass is 79.9. The van der Waals surface area contributed by atoms with Gasteiger partial charge >= 0.3 is 0 Å². The van der Waals surface area contributed by atoms with E-state index in [9.17, 15) is 9.90 Å². The molecule has 1 atom stereocenters. The zero-order valence-corrected chi connectivity index (χ0v) is 15.4. The molecule has 5 nitrogen and oxygen atoms in total. The second-order valence-corrected chi connectivity index (χ2v) is 7.40. The molecule has 1 aliphatic rings. The van der Waals surface area contributed by atoms with Crippen LogP contribution in [0.2, 0.25) is 5.02 Å². The van der Waals surface area contributed by atoms with Crippen molar-refractivity contribution in [3.8, 4) is 11.3 Å². The Morgan fingerprint density at radius 3 is 2.71 bits per heavy atom. The molecule has 2 aromatic rings. The average Bonchev–Trinajstić information content (AvgIpc) is 3.39. The first kappa shape index (κ1) is 17.3. The monoisotopic (exact) mass is 409 g/mol. The summed E-state index contributed by atoms with van der Waals surface area (Å²) >= 11 is 9.15. The minimum Gasteiger partial charge on any atom is -0.388 e. The maximum atomic E-state index is 12.4. The van der Waals surface area contributed by atoms with Crippen LogP contribution < -0.4 is 5.32 Å². The molecule has 24 heavy (non-hydrogen) atoms. The van der Waals surface area contributed by atoms with Gasteiger partial charge in [0.2, 0.25) is 0 Å². The Labute approximate surface area is 153 Å². The number of carbonyl (C=O) groups excluding carboxylic acids is 1. The van der Waals surface area contributed by atoms with Gasteiger partial charge in [-0.25, -0.2) is 9.97 Å². The fraction of sp³-hybridized carbons (Fsp3) is 0.353. The first-order chi connectivity index (χ1) is 11.4. The van der Waals surface area contributed by atoms with Crippen molar-refractivity contribution < 1.29 is 9.90 Å². The van der Waals surface area contributed by atoms with Gasteiger partial charge in [0.05, 0.1) is 17.5 Å². The Morgan fingerprint density at radius 2 is 2.08 bits per heavy atom. The second-order valence-electron chi connectivity index (χ2n) is 6.22. The van der Waals surface area contributed by atoms with Crippen molar-refractivity contribution in [3.63, 3.8) is 0 Å². The molecule has 1 amide bonds. The highest BCUT2D eigenvalue weighted by Crippen LogP contribution is 2.39. The van der Waals surface area contributed by atoms with Gasteiger partial charge in [-0.3, -0.25) is 4.79 Å². The third-order valence-corrected chi connectivity index (χ3v) is 4.98. The van der Waals surface area contributed by atoms with E-state index in [1.54, 1.807) is 25.3 Å². The van der Waals surface area contributed by atoms with Gasteiger partial charge in [0, 0.05) is 17.1 Å². The van der Waals surface area contributed by atoms with Crippen molar-refractivity contribution in [2.24, 2.45) is 5.92 Å². The fourth-order valence-electron chi connectivity index (χ4n) is 2.47. The number of aliphatic hydroxyl groups is 1. The number of amides is 1. The normalized spacial score (nSPS) is 16.5. The largest absolute Gasteiger partial charge is 0.388 e. The van der Waals surface area contributed by atoms with Crippen LogP contribution in [0.15, 0.2) is 35.1 Å². The van der Waals surface area contributed by atoms with Crippen molar-refractivity contribution in [2.75, 3.05) is 6.54 Å². The molecule has 0 spiro atoms. The number of hydrogen-bond acceptors (Lipinski definition) is 4. The smallest absolute Gasteiger partial charge is 0.272 e. The van der Waals surface area contributed by atoms with E-state index < -0.39 is 5.60 Å². The van der Waals surface area contributed by atoms with Crippen LogP contribution in [0.3, 0.4) is 0 Å². The highest BCUT2D eigenvalue weighted by molar-refractivity contribution is 9.10. The number of benzene rings is 1. The maximum Gasteiger partial charge on any atom is 0.272 e. The molecule has 0 bridgehead atoms. The van der Waals surface area contributed by atoms with Gasteiger partial charge in [0.1, 0.15) is 4.60 Å². The molecule has 3 rings (SSSR count). The van der Waals surface area contributed by atoms with Crippen molar-refractivity contribution in [1.29, 1.82) is 0 Å². The lowest BCUT2D eigenvalue weighted by Crippen LogP contribution is -2.42. The molecule has 2 N–H and O–H groups in total. The molecule has 1 aromatic carbocycles. The van der Waals surface area contributed by atoms with E-state index in [0.29, 0.717) is 15.3 Å². The lowest BCUT2D eigenvalue weighted by atomic mass is 10.0. The van der Waals surface area contributed by atoms with Crippen LogP contribution in [-0.4, -0.2) is 33.1 Å². The second kappa shape index (κ2) is 6.78. The van der Waals surface area contributed by atoms with Gasteiger partial charge in [-0.2, -0.15) is 0 Å². The number of aromatic nitrogens is 2. The highest BCUT2D eigenvalue weighted by Gasteiger charge is 2.40. The Hall–Kier alpha value is -1.50. The van der Waals surface area contributed by atoms with E-state index in [1.165, 1.54) is 0 Å². The summed E-state index contributed by atoms with van der Waals surface area (Å²) in [4.78, 5) is 21.0. The Bertz CT molecular complexity index is 761. The van der Waals surface area contributed by atoms with Crippen molar-refractivity contribution in [2.45, 2.75) is 25.4 Å². The molecule has 1 saturated carbocycles. The molecular weight excluding hydrogens is 394 g/mol. The number of halogens is 2. The molecule has 1 aliphatic carbocycles. The summed E-state index contributed by atoms with van der Waals surface area (Å²) < 4.78 is 0.365. The molecule has 1 fully saturated rings. The Balaban J connectivity index is 1.78. The number of nitrogens with zero attached hydrogens (tertiary/aromatic N) is 2. The number of carbonyl (C=O) groups is 1. The zero-order chi connectivity index (χ0) is 17.3. The number of nitrogens with one attached hydrogen (secondary N) is 1. The zero-order valence-electron chi connectivity index (χ0n) is 13.1. The molecule has 0 aliphatic heterocycles. The summed E-state index contributed by atoms with van der Waals surface area (Å²) in [5.41, 5.74) is 0.699. The molecule has 126 valence electrons. The third-order valence-electron chi connectivity index (χ3n) is 4.15. The van der Waals surface area contributed by atoms with Crippen LogP contribution in [0.25, 0.3) is 11.3 Å². The van der Waals surface area contributed by atoms with E-state index >= 15 is 0 Å². The minimum absolute atomic E-state index is 0.189. The molecule has 7 heteroatoms. The summed E-state index contributed by atoms with van der Waals surface area (Å²) in [6.45, 7) is 1.94. The standard InChI is InChI=1S/C17H17BrClN3O2/c1-17(24,11-4-5-11)9-21-16(23)14-15(18)20-8-13(22-14)10-2-6-12(19)7-3-10/h2-3,6-8,11,24H,4-5,9H2,1H3,(H,21,23)/t17-/m0/s1. The predicted octanol–water partition coefficient (Wildman–Crippen LogP) is 3.45. The van der Waals surface area contributed by atoms with Gasteiger partial charge in [0.15, 0.2) is 5.69 Å². The van der Waals surface area contributed by atoms with Crippen LogP contribution in [0.5, 0.6) is 0 Å². The first-order valence-electron chi connectivity index (χ1n) is 7.66. The Morgan fingerprint density at radius 1 is 1.42 bits per heavy atom. The molecule has 1 aromatic heterocycles. The Kier molecular flexibility index (Phi) is 4.90. The summed E-state index contributed by atoms with van der Waals surface area (Å²) in [6, 6.07) is 7.15. The van der Waals surface area contributed by atoms with Gasteiger partial charge in [0.25, 0.3) is 5.91 Å². The summed E-state index contributed by atoms with van der Waals surface area (Å²) in [6.07, 6.45) is 3.58. The first-order valence-corrected chi connectivity index (χ1v) is 8.83. The summed E-state index contributed by atoms with van der Waals surface area (Å²) in [7, 11) is 0. The van der Waals surface area contributed by atoms with Crippen LogP contribution in [-0.2, 0) is 0 Å². The van der Waals surface area contributed by atoms with Crippen molar-refractivity contribution in [3.05, 3.63) is 45.8 Å². The van der Waals surface area contributed by atoms with E-state index in [0.717, 1.165) is 18.4 Å². The van der Waals surface area contributed by atoms with Gasteiger partial charge in [-0.15, -0.1) is 0 Å². The minimum atomic E-state index is -0.886. The van der Waals surface area contributed by atoms with Crippen LogP contribution in [0.1, 0.15) is 30.3 Å². The van der Waals surface area contributed by atoms with Gasteiger partial charge < -0.3 is 10.4 Å². The molecule has 0 radical (unpaired) electrons.